The summed E-state index contributed by atoms with van der Waals surface area (Å²) in [7, 11) is 0. The van der Waals surface area contributed by atoms with Crippen LogP contribution in [0.4, 0.5) is 16.2 Å². The molecule has 2 aromatic rings. The summed E-state index contributed by atoms with van der Waals surface area (Å²) in [4.78, 5) is 26.6. The van der Waals surface area contributed by atoms with Crippen LogP contribution in [-0.2, 0) is 4.79 Å². The van der Waals surface area contributed by atoms with Crippen LogP contribution in [0.1, 0.15) is 24.0 Å². The molecule has 2 aromatic carbocycles. The fourth-order valence-corrected chi connectivity index (χ4v) is 3.36. The summed E-state index contributed by atoms with van der Waals surface area (Å²) in [6, 6.07) is 15.3. The lowest BCUT2D eigenvalue weighted by Crippen LogP contribution is -2.43. The number of nitrogens with zero attached hydrogens (tertiary/aromatic N) is 1. The lowest BCUT2D eigenvalue weighted by atomic mass is 9.96. The van der Waals surface area contributed by atoms with Crippen LogP contribution in [0.5, 0.6) is 0 Å². The van der Waals surface area contributed by atoms with Gasteiger partial charge in [-0.25, -0.2) is 4.79 Å². The summed E-state index contributed by atoms with van der Waals surface area (Å²) < 4.78 is 0. The second-order valence-corrected chi connectivity index (χ2v) is 6.92. The van der Waals surface area contributed by atoms with Gasteiger partial charge < -0.3 is 15.5 Å². The van der Waals surface area contributed by atoms with Gasteiger partial charge in [-0.15, -0.1) is 0 Å². The minimum absolute atomic E-state index is 0.0399. The van der Waals surface area contributed by atoms with E-state index in [1.807, 2.05) is 56.3 Å². The van der Waals surface area contributed by atoms with E-state index in [0.29, 0.717) is 25.9 Å². The third-order valence-electron chi connectivity index (χ3n) is 4.67. The number of anilines is 2. The number of urea groups is 1. The molecule has 0 aromatic heterocycles. The highest BCUT2D eigenvalue weighted by molar-refractivity contribution is 5.93. The molecule has 0 saturated carbocycles. The lowest BCUT2D eigenvalue weighted by molar-refractivity contribution is -0.121. The zero-order chi connectivity index (χ0) is 18.5. The zero-order valence-corrected chi connectivity index (χ0v) is 15.3. The first-order valence-corrected chi connectivity index (χ1v) is 9.01. The molecule has 0 aliphatic carbocycles. The maximum absolute atomic E-state index is 12.5. The van der Waals surface area contributed by atoms with Crippen molar-refractivity contribution in [2.75, 3.05) is 23.7 Å². The smallest absolute Gasteiger partial charge is 0.321 e. The molecule has 0 radical (unpaired) electrons. The number of hydrogen-bond acceptors (Lipinski definition) is 2. The number of carbonyl (C=O) groups is 2. The Bertz CT molecular complexity index is 761. The van der Waals surface area contributed by atoms with Crippen molar-refractivity contribution in [2.24, 2.45) is 5.92 Å². The maximum Gasteiger partial charge on any atom is 0.321 e. The molecule has 3 rings (SSSR count). The van der Waals surface area contributed by atoms with Crippen molar-refractivity contribution in [3.05, 3.63) is 59.7 Å². The van der Waals surface area contributed by atoms with Crippen LogP contribution >= 0.6 is 0 Å². The largest absolute Gasteiger partial charge is 0.326 e. The van der Waals surface area contributed by atoms with Gasteiger partial charge in [-0.05, 0) is 62.1 Å². The van der Waals surface area contributed by atoms with Gasteiger partial charge in [0.05, 0.1) is 0 Å². The molecule has 5 heteroatoms. The SMILES string of the molecule is Cc1cc(C)cc(NC(=O)C2CCN(C(=O)Nc3ccccc3)CC2)c1. The predicted octanol–water partition coefficient (Wildman–Crippen LogP) is 4.19. The molecular formula is C21H25N3O2. The Morgan fingerprint density at radius 2 is 1.50 bits per heavy atom. The van der Waals surface area contributed by atoms with E-state index in [0.717, 1.165) is 22.5 Å². The van der Waals surface area contributed by atoms with E-state index in [4.69, 9.17) is 0 Å². The van der Waals surface area contributed by atoms with Gasteiger partial charge in [0.15, 0.2) is 0 Å². The van der Waals surface area contributed by atoms with Gasteiger partial charge in [0.1, 0.15) is 0 Å². The average molecular weight is 351 g/mol. The van der Waals surface area contributed by atoms with Gasteiger partial charge >= 0.3 is 6.03 Å². The third kappa shape index (κ3) is 4.63. The number of benzene rings is 2. The van der Waals surface area contributed by atoms with Crippen molar-refractivity contribution in [1.29, 1.82) is 0 Å². The van der Waals surface area contributed by atoms with Gasteiger partial charge in [0, 0.05) is 30.4 Å². The fraction of sp³-hybridized carbons (Fsp3) is 0.333. The molecule has 1 aliphatic rings. The van der Waals surface area contributed by atoms with Gasteiger partial charge in [-0.3, -0.25) is 4.79 Å². The monoisotopic (exact) mass is 351 g/mol. The molecular weight excluding hydrogens is 326 g/mol. The van der Waals surface area contributed by atoms with Crippen LogP contribution in [0.15, 0.2) is 48.5 Å². The minimum atomic E-state index is -0.107. The van der Waals surface area contributed by atoms with Crippen molar-refractivity contribution in [3.63, 3.8) is 0 Å². The quantitative estimate of drug-likeness (QED) is 0.871. The van der Waals surface area contributed by atoms with Gasteiger partial charge in [-0.1, -0.05) is 24.3 Å². The Morgan fingerprint density at radius 1 is 0.885 bits per heavy atom. The normalized spacial score (nSPS) is 14.8. The van der Waals surface area contributed by atoms with E-state index in [-0.39, 0.29) is 17.9 Å². The summed E-state index contributed by atoms with van der Waals surface area (Å²) in [5, 5.41) is 5.91. The van der Waals surface area contributed by atoms with E-state index in [1.165, 1.54) is 0 Å². The predicted molar refractivity (Wildman–Crippen MR) is 104 cm³/mol. The van der Waals surface area contributed by atoms with Crippen molar-refractivity contribution in [1.82, 2.24) is 4.90 Å². The second-order valence-electron chi connectivity index (χ2n) is 6.92. The first kappa shape index (κ1) is 18.0. The number of para-hydroxylation sites is 1. The fourth-order valence-electron chi connectivity index (χ4n) is 3.36. The number of hydrogen-bond donors (Lipinski definition) is 2. The highest BCUT2D eigenvalue weighted by atomic mass is 16.2. The van der Waals surface area contributed by atoms with Gasteiger partial charge in [0.25, 0.3) is 0 Å². The first-order valence-electron chi connectivity index (χ1n) is 9.01. The number of nitrogens with one attached hydrogen (secondary N) is 2. The Hall–Kier alpha value is -2.82. The molecule has 1 aliphatic heterocycles. The molecule has 0 spiro atoms. The minimum Gasteiger partial charge on any atom is -0.326 e. The molecule has 1 fully saturated rings. The van der Waals surface area contributed by atoms with Crippen molar-refractivity contribution in [3.8, 4) is 0 Å². The summed E-state index contributed by atoms with van der Waals surface area (Å²) in [6.07, 6.45) is 1.36. The second kappa shape index (κ2) is 8.04. The Kier molecular flexibility index (Phi) is 5.56. The van der Waals surface area contributed by atoms with Crippen LogP contribution < -0.4 is 10.6 Å². The number of amides is 3. The number of aryl methyl sites for hydroxylation is 2. The van der Waals surface area contributed by atoms with E-state index < -0.39 is 0 Å². The number of likely N-dealkylation sites (tertiary alicyclic amines) is 1. The number of carbonyl (C=O) groups excluding carboxylic acids is 2. The molecule has 0 bridgehead atoms. The Labute approximate surface area is 154 Å². The molecule has 5 nitrogen and oxygen atoms in total. The van der Waals surface area contributed by atoms with Crippen molar-refractivity contribution >= 4 is 23.3 Å². The summed E-state index contributed by atoms with van der Waals surface area (Å²) >= 11 is 0. The molecule has 3 amide bonds. The van der Waals surface area contributed by atoms with Gasteiger partial charge in [0.2, 0.25) is 5.91 Å². The Morgan fingerprint density at radius 3 is 2.12 bits per heavy atom. The van der Waals surface area contributed by atoms with Crippen LogP contribution in [0.2, 0.25) is 0 Å². The summed E-state index contributed by atoms with van der Waals surface area (Å²) in [6.45, 7) is 5.21. The number of rotatable bonds is 3. The van der Waals surface area contributed by atoms with E-state index >= 15 is 0 Å². The molecule has 1 saturated heterocycles. The van der Waals surface area contributed by atoms with E-state index in [1.54, 1.807) is 4.90 Å². The highest BCUT2D eigenvalue weighted by Gasteiger charge is 2.27. The third-order valence-corrected chi connectivity index (χ3v) is 4.67. The Balaban J connectivity index is 1.51. The topological polar surface area (TPSA) is 61.4 Å². The summed E-state index contributed by atoms with van der Waals surface area (Å²) in [5.74, 6) is -0.0188. The van der Waals surface area contributed by atoms with E-state index in [2.05, 4.69) is 16.7 Å². The molecule has 2 N–H and O–H groups in total. The lowest BCUT2D eigenvalue weighted by Gasteiger charge is -2.31. The van der Waals surface area contributed by atoms with E-state index in [9.17, 15) is 9.59 Å². The first-order chi connectivity index (χ1) is 12.5. The van der Waals surface area contributed by atoms with Crippen LogP contribution in [-0.4, -0.2) is 29.9 Å². The molecule has 136 valence electrons. The molecule has 0 atom stereocenters. The molecule has 1 heterocycles. The van der Waals surface area contributed by atoms with Crippen LogP contribution in [0.3, 0.4) is 0 Å². The zero-order valence-electron chi connectivity index (χ0n) is 15.3. The van der Waals surface area contributed by atoms with Crippen LogP contribution in [0, 0.1) is 19.8 Å². The van der Waals surface area contributed by atoms with Crippen LogP contribution in [0.25, 0.3) is 0 Å². The standard InChI is InChI=1S/C21H25N3O2/c1-15-12-16(2)14-19(13-15)22-20(25)17-8-10-24(11-9-17)21(26)23-18-6-4-3-5-7-18/h3-7,12-14,17H,8-11H2,1-2H3,(H,22,25)(H,23,26). The summed E-state index contributed by atoms with van der Waals surface area (Å²) in [5.41, 5.74) is 3.89. The molecule has 26 heavy (non-hydrogen) atoms. The average Bonchev–Trinajstić information content (AvgIpc) is 2.62. The highest BCUT2D eigenvalue weighted by Crippen LogP contribution is 2.21. The van der Waals surface area contributed by atoms with Crippen molar-refractivity contribution < 1.29 is 9.59 Å². The number of piperidine rings is 1. The maximum atomic E-state index is 12.5. The molecule has 0 unspecified atom stereocenters. The van der Waals surface area contributed by atoms with Gasteiger partial charge in [-0.2, -0.15) is 0 Å². The van der Waals surface area contributed by atoms with Crippen molar-refractivity contribution in [2.45, 2.75) is 26.7 Å².